The van der Waals surface area contributed by atoms with Crippen LogP contribution < -0.4 is 10.6 Å². The van der Waals surface area contributed by atoms with E-state index in [0.29, 0.717) is 12.2 Å². The standard InChI is InChI=1S/C17H20N2O2S/c1-2-3-5-13-7-9-14(10-8-13)19-17(21)16(20)18-12-15-6-4-11-22-15/h4,6-11H,2-3,5,12H2,1H3,(H,18,20)(H,19,21). The lowest BCUT2D eigenvalue weighted by Gasteiger charge is -2.07. The number of hydrogen-bond acceptors (Lipinski definition) is 3. The van der Waals surface area contributed by atoms with Crippen LogP contribution in [0, 0.1) is 0 Å². The van der Waals surface area contributed by atoms with Gasteiger partial charge in [-0.3, -0.25) is 9.59 Å². The molecule has 0 aliphatic carbocycles. The van der Waals surface area contributed by atoms with Gasteiger partial charge in [-0.25, -0.2) is 0 Å². The molecule has 2 amide bonds. The Morgan fingerprint density at radius 3 is 2.50 bits per heavy atom. The van der Waals surface area contributed by atoms with E-state index >= 15 is 0 Å². The fourth-order valence-corrected chi connectivity index (χ4v) is 2.63. The normalized spacial score (nSPS) is 10.2. The maximum Gasteiger partial charge on any atom is 0.313 e. The van der Waals surface area contributed by atoms with Crippen molar-refractivity contribution in [2.24, 2.45) is 0 Å². The summed E-state index contributed by atoms with van der Waals surface area (Å²) in [4.78, 5) is 24.6. The number of benzene rings is 1. The fraction of sp³-hybridized carbons (Fsp3) is 0.294. The van der Waals surface area contributed by atoms with E-state index in [2.05, 4.69) is 17.6 Å². The molecule has 1 heterocycles. The number of aryl methyl sites for hydroxylation is 1. The quantitative estimate of drug-likeness (QED) is 0.803. The minimum atomic E-state index is -0.641. The maximum absolute atomic E-state index is 11.8. The van der Waals surface area contributed by atoms with Gasteiger partial charge in [0, 0.05) is 10.6 Å². The van der Waals surface area contributed by atoms with Crippen LogP contribution in [-0.2, 0) is 22.6 Å². The van der Waals surface area contributed by atoms with Crippen molar-refractivity contribution in [1.82, 2.24) is 5.32 Å². The van der Waals surface area contributed by atoms with E-state index in [1.54, 1.807) is 11.3 Å². The summed E-state index contributed by atoms with van der Waals surface area (Å²) in [5.74, 6) is -1.26. The number of rotatable bonds is 6. The van der Waals surface area contributed by atoms with Crippen LogP contribution in [0.5, 0.6) is 0 Å². The molecule has 116 valence electrons. The summed E-state index contributed by atoms with van der Waals surface area (Å²) in [6.07, 6.45) is 3.34. The molecule has 0 saturated carbocycles. The molecule has 5 heteroatoms. The first-order valence-corrected chi connectivity index (χ1v) is 8.27. The predicted octanol–water partition coefficient (Wildman–Crippen LogP) is 3.35. The zero-order valence-electron chi connectivity index (χ0n) is 12.6. The smallest absolute Gasteiger partial charge is 0.313 e. The van der Waals surface area contributed by atoms with Crippen molar-refractivity contribution >= 4 is 28.8 Å². The molecule has 0 unspecified atom stereocenters. The van der Waals surface area contributed by atoms with Crippen LogP contribution in [0.15, 0.2) is 41.8 Å². The van der Waals surface area contributed by atoms with E-state index < -0.39 is 11.8 Å². The summed E-state index contributed by atoms with van der Waals surface area (Å²) in [7, 11) is 0. The largest absolute Gasteiger partial charge is 0.343 e. The highest BCUT2D eigenvalue weighted by Gasteiger charge is 2.13. The summed E-state index contributed by atoms with van der Waals surface area (Å²) in [5, 5.41) is 7.14. The van der Waals surface area contributed by atoms with Crippen LogP contribution in [0.1, 0.15) is 30.2 Å². The van der Waals surface area contributed by atoms with Crippen molar-refractivity contribution in [2.45, 2.75) is 32.7 Å². The summed E-state index contributed by atoms with van der Waals surface area (Å²) < 4.78 is 0. The maximum atomic E-state index is 11.8. The Morgan fingerprint density at radius 1 is 1.09 bits per heavy atom. The lowest BCUT2D eigenvalue weighted by atomic mass is 10.1. The molecule has 0 spiro atoms. The Hall–Kier alpha value is -2.14. The summed E-state index contributed by atoms with van der Waals surface area (Å²) in [6, 6.07) is 11.4. The third kappa shape index (κ3) is 5.00. The molecule has 4 nitrogen and oxygen atoms in total. The molecule has 0 bridgehead atoms. The lowest BCUT2D eigenvalue weighted by Crippen LogP contribution is -2.34. The van der Waals surface area contributed by atoms with Crippen molar-refractivity contribution in [3.8, 4) is 0 Å². The van der Waals surface area contributed by atoms with Gasteiger partial charge < -0.3 is 10.6 Å². The Balaban J connectivity index is 1.81. The van der Waals surface area contributed by atoms with Gasteiger partial charge in [0.15, 0.2) is 0 Å². The number of thiophene rings is 1. The fourth-order valence-electron chi connectivity index (χ4n) is 1.98. The summed E-state index contributed by atoms with van der Waals surface area (Å²) in [6.45, 7) is 2.53. The SMILES string of the molecule is CCCCc1ccc(NC(=O)C(=O)NCc2cccs2)cc1. The molecule has 0 aliphatic rings. The Morgan fingerprint density at radius 2 is 1.86 bits per heavy atom. The second kappa shape index (κ2) is 8.34. The highest BCUT2D eigenvalue weighted by molar-refractivity contribution is 7.09. The zero-order valence-corrected chi connectivity index (χ0v) is 13.4. The van der Waals surface area contributed by atoms with Crippen LogP contribution in [0.4, 0.5) is 5.69 Å². The number of unbranched alkanes of at least 4 members (excludes halogenated alkanes) is 1. The summed E-state index contributed by atoms with van der Waals surface area (Å²) >= 11 is 1.54. The van der Waals surface area contributed by atoms with Gasteiger partial charge in [-0.05, 0) is 42.0 Å². The average Bonchev–Trinajstić information content (AvgIpc) is 3.05. The Labute approximate surface area is 134 Å². The van der Waals surface area contributed by atoms with Crippen LogP contribution in [0.25, 0.3) is 0 Å². The van der Waals surface area contributed by atoms with E-state index in [1.165, 1.54) is 5.56 Å². The molecular formula is C17H20N2O2S. The number of carbonyl (C=O) groups is 2. The number of amides is 2. The van der Waals surface area contributed by atoms with Gasteiger partial charge in [0.2, 0.25) is 0 Å². The third-order valence-corrected chi connectivity index (χ3v) is 4.12. The highest BCUT2D eigenvalue weighted by Crippen LogP contribution is 2.12. The van der Waals surface area contributed by atoms with E-state index in [1.807, 2.05) is 41.8 Å². The predicted molar refractivity (Wildman–Crippen MR) is 89.8 cm³/mol. The van der Waals surface area contributed by atoms with Crippen molar-refractivity contribution in [3.63, 3.8) is 0 Å². The molecule has 1 aromatic heterocycles. The number of hydrogen-bond donors (Lipinski definition) is 2. The monoisotopic (exact) mass is 316 g/mol. The van der Waals surface area contributed by atoms with Crippen molar-refractivity contribution in [2.75, 3.05) is 5.32 Å². The van der Waals surface area contributed by atoms with Gasteiger partial charge in [-0.2, -0.15) is 0 Å². The van der Waals surface area contributed by atoms with Crippen LogP contribution in [0.3, 0.4) is 0 Å². The number of carbonyl (C=O) groups excluding carboxylic acids is 2. The molecule has 1 aromatic carbocycles. The van der Waals surface area contributed by atoms with Gasteiger partial charge in [-0.15, -0.1) is 11.3 Å². The highest BCUT2D eigenvalue weighted by atomic mass is 32.1. The van der Waals surface area contributed by atoms with Gasteiger partial charge in [0.25, 0.3) is 0 Å². The lowest BCUT2D eigenvalue weighted by molar-refractivity contribution is -0.136. The molecule has 2 rings (SSSR count). The van der Waals surface area contributed by atoms with E-state index in [9.17, 15) is 9.59 Å². The van der Waals surface area contributed by atoms with Gasteiger partial charge in [-0.1, -0.05) is 31.5 Å². The Bertz CT molecular complexity index is 606. The Kier molecular flexibility index (Phi) is 6.15. The molecule has 0 fully saturated rings. The van der Waals surface area contributed by atoms with E-state index in [4.69, 9.17) is 0 Å². The van der Waals surface area contributed by atoms with E-state index in [0.717, 1.165) is 24.1 Å². The van der Waals surface area contributed by atoms with Crippen LogP contribution >= 0.6 is 11.3 Å². The summed E-state index contributed by atoms with van der Waals surface area (Å²) in [5.41, 5.74) is 1.87. The van der Waals surface area contributed by atoms with Crippen molar-refractivity contribution in [3.05, 3.63) is 52.2 Å². The first-order chi connectivity index (χ1) is 10.7. The van der Waals surface area contributed by atoms with Gasteiger partial charge in [0.05, 0.1) is 6.54 Å². The van der Waals surface area contributed by atoms with E-state index in [-0.39, 0.29) is 0 Å². The number of anilines is 1. The van der Waals surface area contributed by atoms with Crippen molar-refractivity contribution in [1.29, 1.82) is 0 Å². The van der Waals surface area contributed by atoms with Gasteiger partial charge in [0.1, 0.15) is 0 Å². The molecule has 0 saturated heterocycles. The second-order valence-corrected chi connectivity index (χ2v) is 6.05. The third-order valence-electron chi connectivity index (χ3n) is 3.24. The molecule has 22 heavy (non-hydrogen) atoms. The molecule has 2 aromatic rings. The molecule has 0 radical (unpaired) electrons. The van der Waals surface area contributed by atoms with Crippen LogP contribution in [-0.4, -0.2) is 11.8 Å². The number of nitrogens with one attached hydrogen (secondary N) is 2. The first kappa shape index (κ1) is 16.2. The second-order valence-electron chi connectivity index (χ2n) is 5.02. The van der Waals surface area contributed by atoms with Gasteiger partial charge >= 0.3 is 11.8 Å². The molecule has 0 atom stereocenters. The molecule has 0 aliphatic heterocycles. The topological polar surface area (TPSA) is 58.2 Å². The van der Waals surface area contributed by atoms with Crippen molar-refractivity contribution < 1.29 is 9.59 Å². The van der Waals surface area contributed by atoms with Crippen LogP contribution in [0.2, 0.25) is 0 Å². The minimum Gasteiger partial charge on any atom is -0.343 e. The minimum absolute atomic E-state index is 0.375. The zero-order chi connectivity index (χ0) is 15.8. The molecule has 2 N–H and O–H groups in total. The molecular weight excluding hydrogens is 296 g/mol. The average molecular weight is 316 g/mol. The first-order valence-electron chi connectivity index (χ1n) is 7.39.